The zero-order valence-corrected chi connectivity index (χ0v) is 11.1. The van der Waals surface area contributed by atoms with Gasteiger partial charge in [0.2, 0.25) is 0 Å². The van der Waals surface area contributed by atoms with Crippen LogP contribution in [0.3, 0.4) is 0 Å². The number of aromatic nitrogens is 2. The second kappa shape index (κ2) is 4.17. The number of aryl methyl sites for hydroxylation is 1. The summed E-state index contributed by atoms with van der Waals surface area (Å²) in [6.07, 6.45) is 1.27. The average Bonchev–Trinajstić information content (AvgIpc) is 3.00. The van der Waals surface area contributed by atoms with Gasteiger partial charge in [0.05, 0.1) is 16.7 Å². The van der Waals surface area contributed by atoms with Crippen molar-refractivity contribution in [3.8, 4) is 0 Å². The summed E-state index contributed by atoms with van der Waals surface area (Å²) in [6, 6.07) is 8.73. The molecule has 4 heteroatoms. The highest BCUT2D eigenvalue weighted by Crippen LogP contribution is 2.32. The van der Waals surface area contributed by atoms with E-state index in [0.717, 1.165) is 48.1 Å². The molecule has 1 N–H and O–H groups in total. The smallest absolute Gasteiger partial charge is 0.151 e. The van der Waals surface area contributed by atoms with Crippen molar-refractivity contribution in [2.75, 3.05) is 24.5 Å². The van der Waals surface area contributed by atoms with Gasteiger partial charge in [0.15, 0.2) is 5.82 Å². The van der Waals surface area contributed by atoms with E-state index < -0.39 is 0 Å². The first kappa shape index (κ1) is 11.2. The van der Waals surface area contributed by atoms with Gasteiger partial charge < -0.3 is 10.2 Å². The monoisotopic (exact) mass is 254 g/mol. The molecule has 0 saturated carbocycles. The molecule has 19 heavy (non-hydrogen) atoms. The van der Waals surface area contributed by atoms with Gasteiger partial charge in [-0.25, -0.2) is 9.97 Å². The largest absolute Gasteiger partial charge is 0.350 e. The van der Waals surface area contributed by atoms with Gasteiger partial charge in [-0.1, -0.05) is 12.1 Å². The molecule has 2 atom stereocenters. The number of nitrogens with one attached hydrogen (secondary N) is 1. The van der Waals surface area contributed by atoms with Gasteiger partial charge in [0.1, 0.15) is 0 Å². The van der Waals surface area contributed by atoms with Crippen LogP contribution in [0.2, 0.25) is 0 Å². The van der Waals surface area contributed by atoms with E-state index in [1.54, 1.807) is 0 Å². The third kappa shape index (κ3) is 1.70. The molecule has 4 rings (SSSR count). The molecule has 2 aliphatic heterocycles. The van der Waals surface area contributed by atoms with Crippen molar-refractivity contribution in [1.29, 1.82) is 0 Å². The predicted molar refractivity (Wildman–Crippen MR) is 76.4 cm³/mol. The summed E-state index contributed by atoms with van der Waals surface area (Å²) in [4.78, 5) is 12.0. The molecule has 2 saturated heterocycles. The molecule has 0 spiro atoms. The predicted octanol–water partition coefficient (Wildman–Crippen LogP) is 1.74. The van der Waals surface area contributed by atoms with Gasteiger partial charge in [-0.3, -0.25) is 0 Å². The highest BCUT2D eigenvalue weighted by Gasteiger charge is 2.38. The number of rotatable bonds is 1. The van der Waals surface area contributed by atoms with Crippen LogP contribution in [-0.2, 0) is 0 Å². The fourth-order valence-corrected chi connectivity index (χ4v) is 3.46. The molecule has 2 aromatic rings. The molecule has 2 fully saturated rings. The summed E-state index contributed by atoms with van der Waals surface area (Å²) in [5, 5.41) is 3.49. The van der Waals surface area contributed by atoms with E-state index in [1.165, 1.54) is 6.42 Å². The second-order valence-corrected chi connectivity index (χ2v) is 5.59. The Morgan fingerprint density at radius 3 is 2.79 bits per heavy atom. The van der Waals surface area contributed by atoms with Crippen molar-refractivity contribution in [3.63, 3.8) is 0 Å². The number of benzene rings is 1. The summed E-state index contributed by atoms with van der Waals surface area (Å²) in [7, 11) is 0. The molecule has 0 radical (unpaired) electrons. The van der Waals surface area contributed by atoms with Gasteiger partial charge in [0, 0.05) is 25.7 Å². The standard InChI is InChI=1S/C15H18N4/c1-10-15(18-13-5-3-2-4-12(13)17-10)19-7-6-11-8-16-9-14(11)19/h2-5,11,14,16H,6-9H2,1H3/t11-,14+/m0/s1. The molecule has 98 valence electrons. The van der Waals surface area contributed by atoms with Gasteiger partial charge in [0.25, 0.3) is 0 Å². The van der Waals surface area contributed by atoms with Crippen molar-refractivity contribution in [3.05, 3.63) is 30.0 Å². The quantitative estimate of drug-likeness (QED) is 0.841. The Morgan fingerprint density at radius 2 is 1.95 bits per heavy atom. The molecular formula is C15H18N4. The summed E-state index contributed by atoms with van der Waals surface area (Å²) in [5.41, 5.74) is 3.04. The van der Waals surface area contributed by atoms with Crippen molar-refractivity contribution >= 4 is 16.9 Å². The zero-order chi connectivity index (χ0) is 12.8. The van der Waals surface area contributed by atoms with Crippen LogP contribution in [0.25, 0.3) is 11.0 Å². The maximum atomic E-state index is 4.85. The molecule has 0 bridgehead atoms. The lowest BCUT2D eigenvalue weighted by Crippen LogP contribution is -2.35. The molecule has 0 amide bonds. The van der Waals surface area contributed by atoms with E-state index in [-0.39, 0.29) is 0 Å². The van der Waals surface area contributed by atoms with Gasteiger partial charge in [-0.2, -0.15) is 0 Å². The van der Waals surface area contributed by atoms with Crippen LogP contribution in [0.1, 0.15) is 12.1 Å². The first-order chi connectivity index (χ1) is 9.33. The third-order valence-corrected chi connectivity index (χ3v) is 4.44. The molecular weight excluding hydrogens is 236 g/mol. The van der Waals surface area contributed by atoms with Crippen LogP contribution in [0.15, 0.2) is 24.3 Å². The van der Waals surface area contributed by atoms with E-state index in [9.17, 15) is 0 Å². The first-order valence-corrected chi connectivity index (χ1v) is 7.03. The van der Waals surface area contributed by atoms with Crippen LogP contribution in [0.4, 0.5) is 5.82 Å². The minimum Gasteiger partial charge on any atom is -0.350 e. The van der Waals surface area contributed by atoms with E-state index >= 15 is 0 Å². The SMILES string of the molecule is Cc1nc2ccccc2nc1N1CC[C@H]2CNC[C@H]21. The summed E-state index contributed by atoms with van der Waals surface area (Å²) in [5.74, 6) is 1.86. The lowest BCUT2D eigenvalue weighted by atomic mass is 10.1. The van der Waals surface area contributed by atoms with Gasteiger partial charge in [-0.15, -0.1) is 0 Å². The maximum Gasteiger partial charge on any atom is 0.151 e. The van der Waals surface area contributed by atoms with Crippen LogP contribution in [0, 0.1) is 12.8 Å². The molecule has 1 aromatic heterocycles. The summed E-state index contributed by atoms with van der Waals surface area (Å²) in [6.45, 7) is 5.43. The van der Waals surface area contributed by atoms with Crippen LogP contribution in [0.5, 0.6) is 0 Å². The Labute approximate surface area is 112 Å². The number of fused-ring (bicyclic) bond motifs is 2. The van der Waals surface area contributed by atoms with Crippen LogP contribution in [-0.4, -0.2) is 35.6 Å². The molecule has 3 heterocycles. The second-order valence-electron chi connectivity index (χ2n) is 5.59. The topological polar surface area (TPSA) is 41.1 Å². The van der Waals surface area contributed by atoms with E-state index in [2.05, 4.69) is 17.1 Å². The van der Waals surface area contributed by atoms with Crippen LogP contribution >= 0.6 is 0 Å². The number of hydrogen-bond donors (Lipinski definition) is 1. The lowest BCUT2D eigenvalue weighted by molar-refractivity contribution is 0.577. The van der Waals surface area contributed by atoms with E-state index in [1.807, 2.05) is 24.3 Å². The fraction of sp³-hybridized carbons (Fsp3) is 0.467. The van der Waals surface area contributed by atoms with Crippen molar-refractivity contribution < 1.29 is 0 Å². The normalized spacial score (nSPS) is 26.1. The average molecular weight is 254 g/mol. The highest BCUT2D eigenvalue weighted by atomic mass is 15.3. The number of para-hydroxylation sites is 2. The number of anilines is 1. The van der Waals surface area contributed by atoms with Gasteiger partial charge in [-0.05, 0) is 31.4 Å². The zero-order valence-electron chi connectivity index (χ0n) is 11.1. The van der Waals surface area contributed by atoms with Gasteiger partial charge >= 0.3 is 0 Å². The van der Waals surface area contributed by atoms with Crippen molar-refractivity contribution in [1.82, 2.24) is 15.3 Å². The molecule has 0 unspecified atom stereocenters. The molecule has 0 aliphatic carbocycles. The summed E-state index contributed by atoms with van der Waals surface area (Å²) < 4.78 is 0. The fourth-order valence-electron chi connectivity index (χ4n) is 3.46. The van der Waals surface area contributed by atoms with E-state index in [0.29, 0.717) is 6.04 Å². The molecule has 1 aromatic carbocycles. The minimum atomic E-state index is 0.606. The lowest BCUT2D eigenvalue weighted by Gasteiger charge is -2.25. The Kier molecular flexibility index (Phi) is 2.45. The Hall–Kier alpha value is -1.68. The van der Waals surface area contributed by atoms with Crippen LogP contribution < -0.4 is 10.2 Å². The Morgan fingerprint density at radius 1 is 1.16 bits per heavy atom. The molecule has 4 nitrogen and oxygen atoms in total. The van der Waals surface area contributed by atoms with E-state index in [4.69, 9.17) is 9.97 Å². The minimum absolute atomic E-state index is 0.606. The molecule has 2 aliphatic rings. The van der Waals surface area contributed by atoms with Crippen molar-refractivity contribution in [2.45, 2.75) is 19.4 Å². The third-order valence-electron chi connectivity index (χ3n) is 4.44. The Bertz CT molecular complexity index is 625. The number of hydrogen-bond acceptors (Lipinski definition) is 4. The van der Waals surface area contributed by atoms with Crippen molar-refractivity contribution in [2.24, 2.45) is 5.92 Å². The summed E-state index contributed by atoms with van der Waals surface area (Å²) >= 11 is 0. The highest BCUT2D eigenvalue weighted by molar-refractivity contribution is 5.76. The number of nitrogens with zero attached hydrogens (tertiary/aromatic N) is 3. The maximum absolute atomic E-state index is 4.85. The first-order valence-electron chi connectivity index (χ1n) is 7.03. The Balaban J connectivity index is 1.80.